The summed E-state index contributed by atoms with van der Waals surface area (Å²) < 4.78 is 17.2. The lowest BCUT2D eigenvalue weighted by molar-refractivity contribution is -0.282. The van der Waals surface area contributed by atoms with Gasteiger partial charge in [0.15, 0.2) is 6.29 Å². The number of aliphatic hydroxyl groups excluding tert-OH is 2. The van der Waals surface area contributed by atoms with Crippen LogP contribution < -0.4 is 0 Å². The lowest BCUT2D eigenvalue weighted by atomic mass is 9.41. The number of hydrogen-bond acceptors (Lipinski definition) is 10. The van der Waals surface area contributed by atoms with Gasteiger partial charge in [0.2, 0.25) is 0 Å². The summed E-state index contributed by atoms with van der Waals surface area (Å²) in [4.78, 5) is 11.8. The van der Waals surface area contributed by atoms with Crippen molar-refractivity contribution in [1.29, 1.82) is 0 Å². The first-order valence-electron chi connectivity index (χ1n) is 14.6. The average Bonchev–Trinajstić information content (AvgIpc) is 3.42. The molecule has 0 unspecified atom stereocenters. The van der Waals surface area contributed by atoms with Crippen LogP contribution in [0.3, 0.4) is 0 Å². The number of nitrogens with zero attached hydrogens (tertiary/aromatic N) is 1. The summed E-state index contributed by atoms with van der Waals surface area (Å²) in [7, 11) is 0. The lowest BCUT2D eigenvalue weighted by Crippen LogP contribution is -2.69. The third-order valence-electron chi connectivity index (χ3n) is 11.9. The fourth-order valence-corrected chi connectivity index (χ4v) is 9.89. The quantitative estimate of drug-likeness (QED) is 0.116. The van der Waals surface area contributed by atoms with Crippen molar-refractivity contribution in [2.45, 2.75) is 120 Å². The number of rotatable bonds is 4. The van der Waals surface area contributed by atoms with Crippen LogP contribution in [0.25, 0.3) is 0 Å². The van der Waals surface area contributed by atoms with E-state index in [0.29, 0.717) is 45.1 Å². The third kappa shape index (κ3) is 3.96. The van der Waals surface area contributed by atoms with Gasteiger partial charge in [-0.2, -0.15) is 0 Å². The van der Waals surface area contributed by atoms with Crippen molar-refractivity contribution >= 4 is 12.2 Å². The van der Waals surface area contributed by atoms with Crippen LogP contribution in [0.5, 0.6) is 0 Å². The maximum absolute atomic E-state index is 12.4. The van der Waals surface area contributed by atoms with E-state index >= 15 is 0 Å². The predicted molar refractivity (Wildman–Crippen MR) is 138 cm³/mol. The van der Waals surface area contributed by atoms with Gasteiger partial charge < -0.3 is 39.8 Å². The minimum atomic E-state index is -1.18. The zero-order valence-electron chi connectivity index (χ0n) is 22.9. The average molecular weight is 550 g/mol. The maximum atomic E-state index is 12.4. The van der Waals surface area contributed by atoms with Crippen LogP contribution in [0.2, 0.25) is 0 Å². The number of carbonyl (C=O) groups is 1. The van der Waals surface area contributed by atoms with Crippen molar-refractivity contribution in [3.05, 3.63) is 11.6 Å². The van der Waals surface area contributed by atoms with Crippen molar-refractivity contribution in [3.63, 3.8) is 0 Å². The van der Waals surface area contributed by atoms with E-state index in [9.17, 15) is 30.4 Å². The van der Waals surface area contributed by atoms with Gasteiger partial charge in [0.1, 0.15) is 12.7 Å². The summed E-state index contributed by atoms with van der Waals surface area (Å²) in [6, 6.07) is 0. The number of hydrogen-bond donors (Lipinski definition) is 5. The number of aliphatic hydroxyl groups is 4. The molecule has 5 fully saturated rings. The Kier molecular flexibility index (Phi) is 6.72. The Morgan fingerprint density at radius 3 is 2.54 bits per heavy atom. The number of fused-ring (bicyclic) bond motifs is 5. The topological polar surface area (TPSA) is 158 Å². The molecule has 1 saturated heterocycles. The standard InChI is InChI=1S/C29H43NO9/c1-16-25(33)22(31)12-24(38-16)39-18-3-8-27(15-30-36)20-4-7-26(2)19(17-11-23(32)37-14-17)6-10-29(26,35)21(20)5-9-28(27,34)13-18/h11,15-16,18-22,24-25,31,33-36H,3-10,12-14H2,1-2H3/b30-15-/t16-,18-,19+,20-,21+,22+,24+,25-,26+,27-,28-,29-/m0/s1. The largest absolute Gasteiger partial charge is 0.458 e. The number of cyclic esters (lactones) is 1. The highest BCUT2D eigenvalue weighted by molar-refractivity contribution is 5.85. The van der Waals surface area contributed by atoms with E-state index in [-0.39, 0.29) is 36.2 Å². The van der Waals surface area contributed by atoms with Gasteiger partial charge in [-0.3, -0.25) is 0 Å². The monoisotopic (exact) mass is 549 g/mol. The summed E-state index contributed by atoms with van der Waals surface area (Å²) in [5.41, 5.74) is -2.37. The van der Waals surface area contributed by atoms with Crippen molar-refractivity contribution in [2.75, 3.05) is 6.61 Å². The third-order valence-corrected chi connectivity index (χ3v) is 11.9. The summed E-state index contributed by atoms with van der Waals surface area (Å²) in [5, 5.41) is 58.2. The fourth-order valence-electron chi connectivity index (χ4n) is 9.89. The van der Waals surface area contributed by atoms with E-state index in [1.165, 1.54) is 6.21 Å². The highest BCUT2D eigenvalue weighted by Gasteiger charge is 2.71. The van der Waals surface area contributed by atoms with Gasteiger partial charge in [0.25, 0.3) is 0 Å². The molecule has 0 bridgehead atoms. The van der Waals surface area contributed by atoms with Crippen molar-refractivity contribution < 1.29 is 44.6 Å². The Balaban J connectivity index is 1.24. The minimum absolute atomic E-state index is 0.0664. The molecule has 0 radical (unpaired) electrons. The molecule has 2 aliphatic heterocycles. The second kappa shape index (κ2) is 9.49. The molecule has 10 heteroatoms. The molecule has 10 nitrogen and oxygen atoms in total. The molecule has 0 amide bonds. The Morgan fingerprint density at radius 2 is 1.85 bits per heavy atom. The maximum Gasteiger partial charge on any atom is 0.331 e. The van der Waals surface area contributed by atoms with Gasteiger partial charge in [0, 0.05) is 29.7 Å². The van der Waals surface area contributed by atoms with E-state index in [2.05, 4.69) is 12.1 Å². The summed E-state index contributed by atoms with van der Waals surface area (Å²) in [6.45, 7) is 4.15. The molecule has 12 atom stereocenters. The molecule has 0 aromatic rings. The Hall–Kier alpha value is -1.56. The smallest absolute Gasteiger partial charge is 0.331 e. The van der Waals surface area contributed by atoms with E-state index < -0.39 is 46.6 Å². The van der Waals surface area contributed by atoms with E-state index in [4.69, 9.17) is 14.2 Å². The van der Waals surface area contributed by atoms with Gasteiger partial charge in [-0.25, -0.2) is 4.79 Å². The molecular weight excluding hydrogens is 506 g/mol. The van der Waals surface area contributed by atoms with Gasteiger partial charge in [0.05, 0.1) is 35.7 Å². The van der Waals surface area contributed by atoms with E-state index in [0.717, 1.165) is 24.8 Å². The first kappa shape index (κ1) is 27.6. The van der Waals surface area contributed by atoms with Crippen LogP contribution in [0.4, 0.5) is 0 Å². The molecule has 39 heavy (non-hydrogen) atoms. The van der Waals surface area contributed by atoms with Crippen LogP contribution in [0.15, 0.2) is 16.8 Å². The van der Waals surface area contributed by atoms with Gasteiger partial charge in [-0.15, -0.1) is 5.16 Å². The van der Waals surface area contributed by atoms with E-state index in [1.807, 2.05) is 0 Å². The first-order valence-corrected chi connectivity index (χ1v) is 14.6. The van der Waals surface area contributed by atoms with Crippen LogP contribution in [-0.2, 0) is 19.0 Å². The number of oxime groups is 1. The van der Waals surface area contributed by atoms with Crippen molar-refractivity contribution in [3.8, 4) is 0 Å². The molecule has 6 rings (SSSR count). The van der Waals surface area contributed by atoms with Crippen LogP contribution in [0, 0.1) is 28.6 Å². The summed E-state index contributed by atoms with van der Waals surface area (Å²) in [6.07, 6.45) is 5.36. The van der Waals surface area contributed by atoms with Crippen molar-refractivity contribution in [2.24, 2.45) is 33.7 Å². The second-order valence-corrected chi connectivity index (χ2v) is 13.4. The molecule has 218 valence electrons. The molecule has 0 spiro atoms. The van der Waals surface area contributed by atoms with E-state index in [1.54, 1.807) is 13.0 Å². The highest BCUT2D eigenvalue weighted by atomic mass is 16.7. The molecule has 4 aliphatic carbocycles. The number of carbonyl (C=O) groups excluding carboxylic acids is 1. The van der Waals surface area contributed by atoms with Gasteiger partial charge in [-0.1, -0.05) is 6.92 Å². The molecule has 0 aromatic heterocycles. The van der Waals surface area contributed by atoms with Crippen LogP contribution in [0.1, 0.15) is 78.1 Å². The molecule has 0 aromatic carbocycles. The lowest BCUT2D eigenvalue weighted by Gasteiger charge is -2.65. The Bertz CT molecular complexity index is 1040. The van der Waals surface area contributed by atoms with Crippen LogP contribution in [-0.4, -0.2) is 86.3 Å². The first-order chi connectivity index (χ1) is 18.5. The zero-order valence-corrected chi connectivity index (χ0v) is 22.9. The van der Waals surface area contributed by atoms with Crippen molar-refractivity contribution in [1.82, 2.24) is 0 Å². The molecular formula is C29H43NO9. The SMILES string of the molecule is C[C@@H]1O[C@H](O[C@H]2CC[C@]3(/C=N\O)[C@H]4CC[C@]5(C)[C@@H](C6=CC(=O)OC6)CC[C@]5(O)[C@@H]4CC[C@]3(O)C2)C[C@@H](O)[C@H]1O. The molecule has 4 saturated carbocycles. The van der Waals surface area contributed by atoms with Gasteiger partial charge >= 0.3 is 5.97 Å². The zero-order chi connectivity index (χ0) is 27.8. The summed E-state index contributed by atoms with van der Waals surface area (Å²) in [5.74, 6) is -0.372. The fraction of sp³-hybridized carbons (Fsp3) is 0.862. The second-order valence-electron chi connectivity index (χ2n) is 13.4. The van der Waals surface area contributed by atoms with Gasteiger partial charge in [-0.05, 0) is 81.6 Å². The molecule has 2 heterocycles. The molecule has 5 N–H and O–H groups in total. The Labute approximate surface area is 229 Å². The summed E-state index contributed by atoms with van der Waals surface area (Å²) >= 11 is 0. The van der Waals surface area contributed by atoms with Crippen LogP contribution >= 0.6 is 0 Å². The number of ether oxygens (including phenoxy) is 3. The Morgan fingerprint density at radius 1 is 1.08 bits per heavy atom. The number of esters is 1. The predicted octanol–water partition coefficient (Wildman–Crippen LogP) is 2.04. The normalized spacial score (nSPS) is 53.6. The minimum Gasteiger partial charge on any atom is -0.458 e. The molecule has 6 aliphatic rings. The highest BCUT2D eigenvalue weighted by Crippen LogP contribution is 2.70.